The Labute approximate surface area is 171 Å². The Morgan fingerprint density at radius 3 is 2.79 bits per heavy atom. The van der Waals surface area contributed by atoms with Crippen LogP contribution in [0.3, 0.4) is 0 Å². The highest BCUT2D eigenvalue weighted by Gasteiger charge is 2.42. The fraction of sp³-hybridized carbons (Fsp3) is 0.545. The molecule has 1 fully saturated rings. The first-order chi connectivity index (χ1) is 13.4. The predicted molar refractivity (Wildman–Crippen MR) is 111 cm³/mol. The molecule has 2 aromatic rings. The molecule has 1 amide bonds. The van der Waals surface area contributed by atoms with Crippen molar-refractivity contribution in [2.75, 3.05) is 13.6 Å². The summed E-state index contributed by atoms with van der Waals surface area (Å²) in [5, 5.41) is 3.28. The Kier molecular flexibility index (Phi) is 5.43. The summed E-state index contributed by atoms with van der Waals surface area (Å²) in [7, 11) is 1.92. The van der Waals surface area contributed by atoms with Crippen LogP contribution in [0.1, 0.15) is 48.9 Å². The van der Waals surface area contributed by atoms with Crippen molar-refractivity contribution in [3.8, 4) is 5.75 Å². The van der Waals surface area contributed by atoms with Crippen LogP contribution in [0, 0.1) is 6.92 Å². The number of benzene rings is 1. The number of rotatable bonds is 3. The monoisotopic (exact) mass is 399 g/mol. The number of aryl methyl sites for hydroxylation is 1. The molecule has 0 unspecified atom stereocenters. The Bertz CT molecular complexity index is 842. The summed E-state index contributed by atoms with van der Waals surface area (Å²) in [6.45, 7) is 6.34. The molecule has 1 aliphatic heterocycles. The van der Waals surface area contributed by atoms with Gasteiger partial charge in [-0.15, -0.1) is 11.3 Å². The molecule has 1 aliphatic carbocycles. The van der Waals surface area contributed by atoms with Gasteiger partial charge in [0.25, 0.3) is 0 Å². The lowest BCUT2D eigenvalue weighted by Gasteiger charge is -2.43. The number of thiazole rings is 1. The number of aromatic nitrogens is 1. The van der Waals surface area contributed by atoms with Gasteiger partial charge in [-0.05, 0) is 38.7 Å². The molecule has 1 aromatic heterocycles. The van der Waals surface area contributed by atoms with Crippen molar-refractivity contribution in [1.29, 1.82) is 0 Å². The first-order valence-corrected chi connectivity index (χ1v) is 11.0. The van der Waals surface area contributed by atoms with E-state index in [1.807, 2.05) is 11.9 Å². The lowest BCUT2D eigenvalue weighted by Crippen LogP contribution is -2.51. The van der Waals surface area contributed by atoms with Gasteiger partial charge in [-0.2, -0.15) is 0 Å². The van der Waals surface area contributed by atoms with Crippen LogP contribution in [0.5, 0.6) is 5.75 Å². The Morgan fingerprint density at radius 1 is 1.36 bits per heavy atom. The number of hydrogen-bond donors (Lipinski definition) is 0. The third kappa shape index (κ3) is 4.08. The minimum Gasteiger partial charge on any atom is -0.486 e. The van der Waals surface area contributed by atoms with Gasteiger partial charge in [0.2, 0.25) is 5.91 Å². The zero-order chi connectivity index (χ0) is 19.7. The van der Waals surface area contributed by atoms with Gasteiger partial charge in [0.05, 0.1) is 10.7 Å². The van der Waals surface area contributed by atoms with Gasteiger partial charge in [-0.25, -0.2) is 4.98 Å². The minimum atomic E-state index is -0.189. The van der Waals surface area contributed by atoms with Crippen LogP contribution in [0.2, 0.25) is 0 Å². The molecule has 6 heteroatoms. The zero-order valence-electron chi connectivity index (χ0n) is 17.0. The molecule has 1 aromatic carbocycles. The maximum Gasteiger partial charge on any atom is 0.219 e. The molecule has 1 saturated carbocycles. The number of nitrogens with zero attached hydrogens (tertiary/aromatic N) is 3. The smallest absolute Gasteiger partial charge is 0.219 e. The lowest BCUT2D eigenvalue weighted by atomic mass is 9.81. The van der Waals surface area contributed by atoms with Gasteiger partial charge in [-0.1, -0.05) is 18.2 Å². The van der Waals surface area contributed by atoms with Crippen molar-refractivity contribution < 1.29 is 9.53 Å². The van der Waals surface area contributed by atoms with Crippen LogP contribution in [0.15, 0.2) is 29.6 Å². The summed E-state index contributed by atoms with van der Waals surface area (Å²) in [6.07, 6.45) is 3.91. The minimum absolute atomic E-state index is 0.147. The van der Waals surface area contributed by atoms with Crippen LogP contribution < -0.4 is 4.74 Å². The average Bonchev–Trinajstić information content (AvgIpc) is 3.00. The number of para-hydroxylation sites is 1. The molecule has 0 atom stereocenters. The second kappa shape index (κ2) is 7.84. The molecule has 28 heavy (non-hydrogen) atoms. The summed E-state index contributed by atoms with van der Waals surface area (Å²) in [5.41, 5.74) is 2.20. The molecule has 2 heterocycles. The first-order valence-electron chi connectivity index (χ1n) is 10.1. The van der Waals surface area contributed by atoms with Gasteiger partial charge in [0, 0.05) is 50.6 Å². The van der Waals surface area contributed by atoms with Crippen LogP contribution in [-0.2, 0) is 17.9 Å². The van der Waals surface area contributed by atoms with Gasteiger partial charge in [-0.3, -0.25) is 9.69 Å². The number of carbonyl (C=O) groups is 1. The van der Waals surface area contributed by atoms with Crippen molar-refractivity contribution in [3.63, 3.8) is 0 Å². The summed E-state index contributed by atoms with van der Waals surface area (Å²) < 4.78 is 6.68. The molecule has 0 N–H and O–H groups in total. The van der Waals surface area contributed by atoms with Crippen molar-refractivity contribution in [1.82, 2.24) is 14.8 Å². The van der Waals surface area contributed by atoms with Gasteiger partial charge in [0.1, 0.15) is 11.4 Å². The highest BCUT2D eigenvalue weighted by Crippen LogP contribution is 2.39. The highest BCUT2D eigenvalue weighted by atomic mass is 32.1. The Balaban J connectivity index is 1.56. The molecule has 0 bridgehead atoms. The lowest BCUT2D eigenvalue weighted by molar-refractivity contribution is -0.131. The highest BCUT2D eigenvalue weighted by molar-refractivity contribution is 7.09. The average molecular weight is 400 g/mol. The zero-order valence-corrected chi connectivity index (χ0v) is 17.8. The molecule has 150 valence electrons. The second-order valence-electron chi connectivity index (χ2n) is 8.26. The second-order valence-corrected chi connectivity index (χ2v) is 9.32. The quantitative estimate of drug-likeness (QED) is 0.782. The normalized spacial score (nSPS) is 25.0. The summed E-state index contributed by atoms with van der Waals surface area (Å²) in [4.78, 5) is 20.8. The third-order valence-corrected chi connectivity index (χ3v) is 6.99. The fourth-order valence-electron chi connectivity index (χ4n) is 4.56. The summed E-state index contributed by atoms with van der Waals surface area (Å²) in [6, 6.07) is 8.73. The van der Waals surface area contributed by atoms with Crippen molar-refractivity contribution in [2.45, 2.75) is 64.3 Å². The Morgan fingerprint density at radius 2 is 2.11 bits per heavy atom. The van der Waals surface area contributed by atoms with E-state index < -0.39 is 0 Å². The van der Waals surface area contributed by atoms with Crippen LogP contribution in [0.4, 0.5) is 0 Å². The largest absolute Gasteiger partial charge is 0.486 e. The maximum atomic E-state index is 11.8. The van der Waals surface area contributed by atoms with Crippen LogP contribution in [-0.4, -0.2) is 45.9 Å². The fourth-order valence-corrected chi connectivity index (χ4v) is 5.16. The number of ether oxygens (including phenoxy) is 1. The van der Waals surface area contributed by atoms with E-state index in [4.69, 9.17) is 4.74 Å². The van der Waals surface area contributed by atoms with Crippen molar-refractivity contribution >= 4 is 17.2 Å². The SMILES string of the molecule is CC(=O)N(C)C1CCC2(CC1)CN(Cc1csc(C)n1)Cc1ccccc1O2. The Hall–Kier alpha value is -1.92. The van der Waals surface area contributed by atoms with Gasteiger partial charge >= 0.3 is 0 Å². The molecular weight excluding hydrogens is 370 g/mol. The topological polar surface area (TPSA) is 45.7 Å². The molecule has 5 nitrogen and oxygen atoms in total. The van der Waals surface area contributed by atoms with E-state index in [9.17, 15) is 4.79 Å². The molecule has 0 radical (unpaired) electrons. The van der Waals surface area contributed by atoms with Crippen molar-refractivity contribution in [3.05, 3.63) is 45.9 Å². The number of amides is 1. The maximum absolute atomic E-state index is 11.8. The molecule has 0 saturated heterocycles. The van der Waals surface area contributed by atoms with Crippen LogP contribution >= 0.6 is 11.3 Å². The van der Waals surface area contributed by atoms with E-state index >= 15 is 0 Å². The molecule has 2 aliphatic rings. The number of fused-ring (bicyclic) bond motifs is 1. The van der Waals surface area contributed by atoms with E-state index in [1.54, 1.807) is 18.3 Å². The van der Waals surface area contributed by atoms with Gasteiger partial charge < -0.3 is 9.64 Å². The van der Waals surface area contributed by atoms with E-state index in [-0.39, 0.29) is 11.5 Å². The molecule has 4 rings (SSSR count). The van der Waals surface area contributed by atoms with E-state index in [1.165, 1.54) is 5.56 Å². The third-order valence-electron chi connectivity index (χ3n) is 6.17. The standard InChI is InChI=1S/C22H29N3O2S/c1-16-23-19(14-28-16)13-25-12-18-6-4-5-7-21(18)27-22(15-25)10-8-20(9-11-22)24(3)17(2)26/h4-7,14,20H,8-13,15H2,1-3H3. The summed E-state index contributed by atoms with van der Waals surface area (Å²) in [5.74, 6) is 1.16. The first kappa shape index (κ1) is 19.4. The molecular formula is C22H29N3O2S. The molecule has 1 spiro atoms. The van der Waals surface area contributed by atoms with E-state index in [2.05, 4.69) is 46.5 Å². The van der Waals surface area contributed by atoms with Crippen LogP contribution in [0.25, 0.3) is 0 Å². The number of carbonyl (C=O) groups excluding carboxylic acids is 1. The van der Waals surface area contributed by atoms with Crippen molar-refractivity contribution in [2.24, 2.45) is 0 Å². The number of hydrogen-bond acceptors (Lipinski definition) is 5. The predicted octanol–water partition coefficient (Wildman–Crippen LogP) is 4.01. The summed E-state index contributed by atoms with van der Waals surface area (Å²) >= 11 is 1.71. The van der Waals surface area contributed by atoms with Gasteiger partial charge in [0.15, 0.2) is 0 Å². The van der Waals surface area contributed by atoms with E-state index in [0.717, 1.165) is 61.8 Å². The van der Waals surface area contributed by atoms with E-state index in [0.29, 0.717) is 6.04 Å².